The molecule has 1 N–H and O–H groups in total. The Balaban J connectivity index is 3.30. The average molecular weight is 272 g/mol. The molecule has 0 spiro atoms. The number of carbonyl (C=O) groups is 1. The van der Waals surface area contributed by atoms with E-state index in [2.05, 4.69) is 15.9 Å². The Bertz CT molecular complexity index is 442. The molecule has 0 saturated carbocycles. The van der Waals surface area contributed by atoms with Crippen LogP contribution in [0.3, 0.4) is 0 Å². The number of phenols is 1. The monoisotopic (exact) mass is 271 g/mol. The second-order valence-corrected chi connectivity index (χ2v) is 3.47. The van der Waals surface area contributed by atoms with Gasteiger partial charge in [-0.2, -0.15) is 0 Å². The summed E-state index contributed by atoms with van der Waals surface area (Å²) in [6, 6.07) is 2.37. The Kier molecular flexibility index (Phi) is 3.56. The summed E-state index contributed by atoms with van der Waals surface area (Å²) in [5, 5.41) is 20.0. The summed E-state index contributed by atoms with van der Waals surface area (Å²) in [4.78, 5) is 20.0. The van der Waals surface area contributed by atoms with Crippen LogP contribution in [0, 0.1) is 10.1 Å². The van der Waals surface area contributed by atoms with Crippen LogP contribution < -0.4 is 0 Å². The van der Waals surface area contributed by atoms with Crippen LogP contribution in [-0.2, 0) is 4.79 Å². The highest BCUT2D eigenvalue weighted by Gasteiger charge is 2.12. The summed E-state index contributed by atoms with van der Waals surface area (Å²) in [7, 11) is 0. The zero-order valence-corrected chi connectivity index (χ0v) is 8.97. The normalized spacial score (nSPS) is 10.5. The molecule has 6 heteroatoms. The zero-order chi connectivity index (χ0) is 11.4. The quantitative estimate of drug-likeness (QED) is 0.396. The third kappa shape index (κ3) is 2.63. The van der Waals surface area contributed by atoms with E-state index in [0.717, 1.165) is 6.08 Å². The summed E-state index contributed by atoms with van der Waals surface area (Å²) >= 11 is 2.98. The first-order chi connectivity index (χ1) is 7.06. The molecule has 15 heavy (non-hydrogen) atoms. The molecular weight excluding hydrogens is 266 g/mol. The van der Waals surface area contributed by atoms with Crippen molar-refractivity contribution in [3.63, 3.8) is 0 Å². The number of halogens is 1. The standard InChI is InChI=1S/C9H6BrNO4/c10-8-5-7(11(14)15)4-6(9(8)13)2-1-3-12/h1-5,13H. The zero-order valence-electron chi connectivity index (χ0n) is 7.38. The van der Waals surface area contributed by atoms with E-state index in [1.807, 2.05) is 0 Å². The Hall–Kier alpha value is -1.69. The molecule has 0 saturated heterocycles. The molecule has 1 aromatic rings. The van der Waals surface area contributed by atoms with Gasteiger partial charge in [0.2, 0.25) is 0 Å². The lowest BCUT2D eigenvalue weighted by Gasteiger charge is -2.01. The van der Waals surface area contributed by atoms with Gasteiger partial charge in [0.1, 0.15) is 12.0 Å². The Labute approximate surface area is 93.3 Å². The van der Waals surface area contributed by atoms with Gasteiger partial charge in [-0.15, -0.1) is 0 Å². The van der Waals surface area contributed by atoms with Crippen LogP contribution in [0.5, 0.6) is 5.75 Å². The largest absolute Gasteiger partial charge is 0.506 e. The highest BCUT2D eigenvalue weighted by atomic mass is 79.9. The van der Waals surface area contributed by atoms with E-state index in [4.69, 9.17) is 0 Å². The molecule has 0 heterocycles. The minimum absolute atomic E-state index is 0.140. The van der Waals surface area contributed by atoms with Gasteiger partial charge in [0.05, 0.1) is 9.40 Å². The van der Waals surface area contributed by atoms with Crippen LogP contribution in [0.15, 0.2) is 22.7 Å². The molecule has 0 aromatic heterocycles. The Morgan fingerprint density at radius 3 is 2.67 bits per heavy atom. The SMILES string of the molecule is O=CC=Cc1cc([N+](=O)[O-])cc(Br)c1O. The van der Waals surface area contributed by atoms with Crippen LogP contribution in [0.1, 0.15) is 5.56 Å². The van der Waals surface area contributed by atoms with Crippen LogP contribution in [-0.4, -0.2) is 16.3 Å². The number of nitrogens with zero attached hydrogens (tertiary/aromatic N) is 1. The second kappa shape index (κ2) is 4.70. The Morgan fingerprint density at radius 1 is 1.47 bits per heavy atom. The number of non-ortho nitro benzene ring substituents is 1. The smallest absolute Gasteiger partial charge is 0.271 e. The maximum atomic E-state index is 10.5. The molecule has 5 nitrogen and oxygen atoms in total. The van der Waals surface area contributed by atoms with Crippen LogP contribution in [0.4, 0.5) is 5.69 Å². The first kappa shape index (κ1) is 11.4. The van der Waals surface area contributed by atoms with E-state index in [-0.39, 0.29) is 21.5 Å². The summed E-state index contributed by atoms with van der Waals surface area (Å²) in [6.45, 7) is 0. The molecular formula is C9H6BrNO4. The Morgan fingerprint density at radius 2 is 2.13 bits per heavy atom. The van der Waals surface area contributed by atoms with Crippen LogP contribution >= 0.6 is 15.9 Å². The molecule has 0 aliphatic carbocycles. The number of carbonyl (C=O) groups excluding carboxylic acids is 1. The van der Waals surface area contributed by atoms with Crippen molar-refractivity contribution >= 4 is 34.0 Å². The van der Waals surface area contributed by atoms with Gasteiger partial charge in [0.15, 0.2) is 0 Å². The molecule has 1 rings (SSSR count). The maximum Gasteiger partial charge on any atom is 0.271 e. The van der Waals surface area contributed by atoms with E-state index < -0.39 is 4.92 Å². The fourth-order valence-corrected chi connectivity index (χ4v) is 1.44. The van der Waals surface area contributed by atoms with Crippen molar-refractivity contribution in [2.75, 3.05) is 0 Å². The highest BCUT2D eigenvalue weighted by molar-refractivity contribution is 9.10. The van der Waals surface area contributed by atoms with Gasteiger partial charge in [-0.3, -0.25) is 14.9 Å². The molecule has 0 atom stereocenters. The number of aldehydes is 1. The number of aromatic hydroxyl groups is 1. The van der Waals surface area contributed by atoms with E-state index >= 15 is 0 Å². The predicted molar refractivity (Wildman–Crippen MR) is 57.6 cm³/mol. The molecule has 78 valence electrons. The molecule has 0 radical (unpaired) electrons. The number of rotatable bonds is 3. The summed E-state index contributed by atoms with van der Waals surface area (Å²) < 4.78 is 0.210. The second-order valence-electron chi connectivity index (χ2n) is 2.62. The van der Waals surface area contributed by atoms with Gasteiger partial charge in [-0.1, -0.05) is 0 Å². The number of benzene rings is 1. The molecule has 0 amide bonds. The van der Waals surface area contributed by atoms with Gasteiger partial charge >= 0.3 is 0 Å². The average Bonchev–Trinajstić information content (AvgIpc) is 2.19. The first-order valence-corrected chi connectivity index (χ1v) is 4.64. The van der Waals surface area contributed by atoms with E-state index in [9.17, 15) is 20.0 Å². The number of hydrogen-bond acceptors (Lipinski definition) is 4. The minimum Gasteiger partial charge on any atom is -0.506 e. The van der Waals surface area contributed by atoms with E-state index in [1.165, 1.54) is 18.2 Å². The van der Waals surface area contributed by atoms with Gasteiger partial charge in [0.25, 0.3) is 5.69 Å². The topological polar surface area (TPSA) is 80.4 Å². The predicted octanol–water partition coefficient (Wildman–Crippen LogP) is 2.28. The number of hydrogen-bond donors (Lipinski definition) is 1. The number of nitro benzene ring substituents is 1. The number of phenolic OH excluding ortho intramolecular Hbond substituents is 1. The molecule has 0 bridgehead atoms. The van der Waals surface area contributed by atoms with Crippen molar-refractivity contribution in [2.24, 2.45) is 0 Å². The summed E-state index contributed by atoms with van der Waals surface area (Å²) in [5.74, 6) is -0.140. The molecule has 0 aliphatic rings. The van der Waals surface area contributed by atoms with E-state index in [1.54, 1.807) is 0 Å². The minimum atomic E-state index is -0.581. The number of allylic oxidation sites excluding steroid dienone is 1. The summed E-state index contributed by atoms with van der Waals surface area (Å²) in [6.07, 6.45) is 2.96. The molecule has 0 unspecified atom stereocenters. The van der Waals surface area contributed by atoms with Crippen molar-refractivity contribution in [2.45, 2.75) is 0 Å². The third-order valence-corrected chi connectivity index (χ3v) is 2.25. The number of nitro groups is 1. The van der Waals surface area contributed by atoms with Crippen molar-refractivity contribution in [1.82, 2.24) is 0 Å². The van der Waals surface area contributed by atoms with Gasteiger partial charge in [0, 0.05) is 17.7 Å². The van der Waals surface area contributed by atoms with Crippen LogP contribution in [0.2, 0.25) is 0 Å². The van der Waals surface area contributed by atoms with Crippen molar-refractivity contribution in [1.29, 1.82) is 0 Å². The third-order valence-electron chi connectivity index (χ3n) is 1.64. The lowest BCUT2D eigenvalue weighted by molar-refractivity contribution is -0.385. The van der Waals surface area contributed by atoms with Crippen LogP contribution in [0.25, 0.3) is 6.08 Å². The van der Waals surface area contributed by atoms with Crippen molar-refractivity contribution in [3.8, 4) is 5.75 Å². The lowest BCUT2D eigenvalue weighted by Crippen LogP contribution is -1.89. The highest BCUT2D eigenvalue weighted by Crippen LogP contribution is 2.33. The molecule has 0 fully saturated rings. The summed E-state index contributed by atoms with van der Waals surface area (Å²) in [5.41, 5.74) is 0.0494. The molecule has 1 aromatic carbocycles. The molecule has 0 aliphatic heterocycles. The van der Waals surface area contributed by atoms with Gasteiger partial charge < -0.3 is 5.11 Å². The van der Waals surface area contributed by atoms with Gasteiger partial charge in [-0.05, 0) is 28.1 Å². The fourth-order valence-electron chi connectivity index (χ4n) is 0.981. The fraction of sp³-hybridized carbons (Fsp3) is 0. The van der Waals surface area contributed by atoms with Crippen molar-refractivity contribution in [3.05, 3.63) is 38.4 Å². The van der Waals surface area contributed by atoms with Gasteiger partial charge in [-0.25, -0.2) is 0 Å². The lowest BCUT2D eigenvalue weighted by atomic mass is 10.1. The van der Waals surface area contributed by atoms with Crippen molar-refractivity contribution < 1.29 is 14.8 Å². The van der Waals surface area contributed by atoms with E-state index in [0.29, 0.717) is 6.29 Å². The maximum absolute atomic E-state index is 10.5. The first-order valence-electron chi connectivity index (χ1n) is 3.85.